The second-order valence-corrected chi connectivity index (χ2v) is 10.9. The third kappa shape index (κ3) is 7.26. The summed E-state index contributed by atoms with van der Waals surface area (Å²) in [6.07, 6.45) is 5.75. The maximum Gasteiger partial charge on any atom is 0.254 e. The molecule has 37 heavy (non-hydrogen) atoms. The van der Waals surface area contributed by atoms with Crippen LogP contribution in [0.4, 0.5) is 11.4 Å². The van der Waals surface area contributed by atoms with Crippen molar-refractivity contribution in [1.82, 2.24) is 4.90 Å². The molecular weight excluding hydrogens is 486 g/mol. The van der Waals surface area contributed by atoms with E-state index in [1.807, 2.05) is 46.2 Å². The highest BCUT2D eigenvalue weighted by Gasteiger charge is 2.24. The Balaban J connectivity index is 1.63. The summed E-state index contributed by atoms with van der Waals surface area (Å²) in [7, 11) is 0. The summed E-state index contributed by atoms with van der Waals surface area (Å²) in [4.78, 5) is 33.2. The first-order valence-electron chi connectivity index (χ1n) is 13.7. The van der Waals surface area contributed by atoms with Crippen molar-refractivity contribution in [2.24, 2.45) is 5.92 Å². The van der Waals surface area contributed by atoms with Crippen LogP contribution in [0, 0.1) is 5.92 Å². The van der Waals surface area contributed by atoms with Crippen molar-refractivity contribution in [2.75, 3.05) is 49.2 Å². The minimum absolute atomic E-state index is 0.00176. The summed E-state index contributed by atoms with van der Waals surface area (Å²) < 4.78 is 5.49. The Morgan fingerprint density at radius 3 is 2.35 bits per heavy atom. The van der Waals surface area contributed by atoms with Crippen molar-refractivity contribution in [1.29, 1.82) is 0 Å². The number of fused-ring (bicyclic) bond motifs is 1. The zero-order valence-electron chi connectivity index (χ0n) is 22.3. The highest BCUT2D eigenvalue weighted by molar-refractivity contribution is 6.33. The molecule has 0 atom stereocenters. The minimum Gasteiger partial charge on any atom is -0.378 e. The monoisotopic (exact) mass is 525 g/mol. The predicted molar refractivity (Wildman–Crippen MR) is 151 cm³/mol. The van der Waals surface area contributed by atoms with Crippen molar-refractivity contribution >= 4 is 34.8 Å². The largest absolute Gasteiger partial charge is 0.378 e. The lowest BCUT2D eigenvalue weighted by atomic mass is 10.0. The van der Waals surface area contributed by atoms with Gasteiger partial charge in [-0.25, -0.2) is 0 Å². The van der Waals surface area contributed by atoms with E-state index in [0.717, 1.165) is 68.7 Å². The summed E-state index contributed by atoms with van der Waals surface area (Å²) >= 11 is 6.54. The highest BCUT2D eigenvalue weighted by Crippen LogP contribution is 2.30. The first-order chi connectivity index (χ1) is 17.9. The van der Waals surface area contributed by atoms with Crippen molar-refractivity contribution in [3.05, 3.63) is 58.6 Å². The molecule has 4 rings (SSSR count). The molecule has 200 valence electrons. The molecule has 0 spiro atoms. The third-order valence-corrected chi connectivity index (χ3v) is 7.49. The normalized spacial score (nSPS) is 17.7. The molecule has 0 N–H and O–H groups in total. The standard InChI is InChI=1S/C30H40ClN3O3/c1-23(2)20-29(35)34-15-9-5-3-4-8-14-33(22-25-10-6-7-11-27(25)34)30(36)24-12-13-26(31)28(21-24)32-16-18-37-19-17-32/h6-7,10-13,21,23H,3-5,8-9,14-20,22H2,1-2H3. The van der Waals surface area contributed by atoms with Gasteiger partial charge in [-0.2, -0.15) is 0 Å². The number of carbonyl (C=O) groups excluding carboxylic acids is 2. The Morgan fingerprint density at radius 2 is 1.59 bits per heavy atom. The smallest absolute Gasteiger partial charge is 0.254 e. The second kappa shape index (κ2) is 13.3. The summed E-state index contributed by atoms with van der Waals surface area (Å²) in [5, 5.41) is 0.650. The van der Waals surface area contributed by atoms with Crippen LogP contribution in [0.1, 0.15) is 68.3 Å². The average molecular weight is 526 g/mol. The molecule has 0 aliphatic carbocycles. The number of hydrogen-bond donors (Lipinski definition) is 0. The lowest BCUT2D eigenvalue weighted by molar-refractivity contribution is -0.119. The first kappa shape index (κ1) is 27.5. The number of anilines is 2. The number of rotatable bonds is 4. The summed E-state index contributed by atoms with van der Waals surface area (Å²) in [5.41, 5.74) is 3.46. The molecule has 2 aromatic carbocycles. The molecule has 1 fully saturated rings. The number of nitrogens with zero attached hydrogens (tertiary/aromatic N) is 3. The molecule has 0 saturated carbocycles. The maximum absolute atomic E-state index is 13.9. The molecule has 1 saturated heterocycles. The van der Waals surface area contributed by atoms with Crippen LogP contribution in [-0.2, 0) is 16.1 Å². The van der Waals surface area contributed by atoms with Crippen molar-refractivity contribution in [3.8, 4) is 0 Å². The molecular formula is C30H40ClN3O3. The van der Waals surface area contributed by atoms with Crippen LogP contribution in [0.25, 0.3) is 0 Å². The van der Waals surface area contributed by atoms with E-state index in [0.29, 0.717) is 49.2 Å². The number of ether oxygens (including phenoxy) is 1. The molecule has 0 bridgehead atoms. The predicted octanol–water partition coefficient (Wildman–Crippen LogP) is 6.16. The zero-order chi connectivity index (χ0) is 26.2. The Kier molecular flexibility index (Phi) is 9.87. The van der Waals surface area contributed by atoms with E-state index in [4.69, 9.17) is 16.3 Å². The van der Waals surface area contributed by atoms with Gasteiger partial charge in [-0.05, 0) is 48.6 Å². The highest BCUT2D eigenvalue weighted by atomic mass is 35.5. The molecule has 2 aliphatic rings. The average Bonchev–Trinajstić information content (AvgIpc) is 2.89. The van der Waals surface area contributed by atoms with Gasteiger partial charge in [0.2, 0.25) is 5.91 Å². The van der Waals surface area contributed by atoms with Crippen LogP contribution in [0.15, 0.2) is 42.5 Å². The second-order valence-electron chi connectivity index (χ2n) is 10.5. The van der Waals surface area contributed by atoms with Gasteiger partial charge < -0.3 is 19.4 Å². The fourth-order valence-corrected chi connectivity index (χ4v) is 5.42. The number of carbonyl (C=O) groups is 2. The fourth-order valence-electron chi connectivity index (χ4n) is 5.18. The van der Waals surface area contributed by atoms with Crippen molar-refractivity contribution in [2.45, 2.75) is 58.9 Å². The van der Waals surface area contributed by atoms with Crippen molar-refractivity contribution in [3.63, 3.8) is 0 Å². The van der Waals surface area contributed by atoms with Crippen LogP contribution in [0.5, 0.6) is 0 Å². The number of para-hydroxylation sites is 1. The fraction of sp³-hybridized carbons (Fsp3) is 0.533. The van der Waals surface area contributed by atoms with Gasteiger partial charge in [0.25, 0.3) is 5.91 Å². The van der Waals surface area contributed by atoms with Crippen LogP contribution in [0.2, 0.25) is 5.02 Å². The van der Waals surface area contributed by atoms with Crippen LogP contribution in [-0.4, -0.2) is 56.1 Å². The molecule has 2 heterocycles. The Morgan fingerprint density at radius 1 is 0.892 bits per heavy atom. The van der Waals surface area contributed by atoms with Gasteiger partial charge in [-0.15, -0.1) is 0 Å². The van der Waals surface area contributed by atoms with E-state index in [-0.39, 0.29) is 11.8 Å². The van der Waals surface area contributed by atoms with Gasteiger partial charge in [0.1, 0.15) is 0 Å². The van der Waals surface area contributed by atoms with Gasteiger partial charge in [0.05, 0.1) is 23.9 Å². The van der Waals surface area contributed by atoms with Gasteiger partial charge in [0.15, 0.2) is 0 Å². The van der Waals surface area contributed by atoms with E-state index < -0.39 is 0 Å². The van der Waals surface area contributed by atoms with Crippen molar-refractivity contribution < 1.29 is 14.3 Å². The lowest BCUT2D eigenvalue weighted by Crippen LogP contribution is -2.37. The Hall–Kier alpha value is -2.57. The number of hydrogen-bond acceptors (Lipinski definition) is 4. The van der Waals surface area contributed by atoms with Gasteiger partial charge in [0, 0.05) is 50.4 Å². The van der Waals surface area contributed by atoms with Gasteiger partial charge >= 0.3 is 0 Å². The minimum atomic E-state index is -0.00176. The van der Waals surface area contributed by atoms with Gasteiger partial charge in [-0.1, -0.05) is 62.9 Å². The lowest BCUT2D eigenvalue weighted by Gasteiger charge is -2.31. The zero-order valence-corrected chi connectivity index (χ0v) is 23.0. The Bertz CT molecular complexity index is 1070. The first-order valence-corrected chi connectivity index (χ1v) is 14.1. The molecule has 0 unspecified atom stereocenters. The van der Waals surface area contributed by atoms with E-state index in [1.54, 1.807) is 0 Å². The molecule has 0 radical (unpaired) electrons. The molecule has 6 nitrogen and oxygen atoms in total. The summed E-state index contributed by atoms with van der Waals surface area (Å²) in [6.45, 7) is 8.86. The molecule has 2 aliphatic heterocycles. The number of morpholine rings is 1. The van der Waals surface area contributed by atoms with E-state index >= 15 is 0 Å². The molecule has 0 aromatic heterocycles. The quantitative estimate of drug-likeness (QED) is 0.479. The van der Waals surface area contributed by atoms with E-state index in [1.165, 1.54) is 0 Å². The topological polar surface area (TPSA) is 53.1 Å². The number of amides is 2. The Labute approximate surface area is 226 Å². The third-order valence-electron chi connectivity index (χ3n) is 7.17. The number of halogens is 1. The van der Waals surface area contributed by atoms with Gasteiger partial charge in [-0.3, -0.25) is 9.59 Å². The van der Waals surface area contributed by atoms with E-state index in [2.05, 4.69) is 24.8 Å². The van der Waals surface area contributed by atoms with Crippen LogP contribution < -0.4 is 9.80 Å². The molecule has 2 amide bonds. The van der Waals surface area contributed by atoms with Crippen LogP contribution in [0.3, 0.4) is 0 Å². The number of benzene rings is 2. The summed E-state index contributed by atoms with van der Waals surface area (Å²) in [5.74, 6) is 0.452. The maximum atomic E-state index is 13.9. The summed E-state index contributed by atoms with van der Waals surface area (Å²) in [6, 6.07) is 13.7. The molecule has 7 heteroatoms. The van der Waals surface area contributed by atoms with Crippen LogP contribution >= 0.6 is 11.6 Å². The SMILES string of the molecule is CC(C)CC(=O)N1CCCCCCCN(C(=O)c2ccc(Cl)c(N3CCOCC3)c2)Cc2ccccc21. The van der Waals surface area contributed by atoms with E-state index in [9.17, 15) is 9.59 Å². The molecule has 2 aromatic rings.